The average Bonchev–Trinajstić information content (AvgIpc) is 2.93. The van der Waals surface area contributed by atoms with Gasteiger partial charge in [-0.05, 0) is 68.3 Å². The van der Waals surface area contributed by atoms with Crippen molar-refractivity contribution in [2.24, 2.45) is 5.18 Å². The first-order valence-corrected chi connectivity index (χ1v) is 10.9. The maximum Gasteiger partial charge on any atom is 0.406 e. The smallest absolute Gasteiger partial charge is 0.343 e. The average molecular weight is 453 g/mol. The Bertz CT molecular complexity index is 1240. The number of hydrogen-bond acceptors (Lipinski definition) is 4. The number of fused-ring (bicyclic) bond motifs is 1. The largest absolute Gasteiger partial charge is 0.406 e. The van der Waals surface area contributed by atoms with E-state index in [1.54, 1.807) is 45.9 Å². The molecule has 0 aliphatic rings. The second kappa shape index (κ2) is 8.08. The van der Waals surface area contributed by atoms with Crippen molar-refractivity contribution in [2.45, 2.75) is 51.4 Å². The van der Waals surface area contributed by atoms with Crippen LogP contribution in [-0.2, 0) is 16.6 Å². The number of aromatic nitrogens is 1. The zero-order valence-electron chi connectivity index (χ0n) is 17.4. The van der Waals surface area contributed by atoms with E-state index in [-0.39, 0.29) is 10.6 Å². The van der Waals surface area contributed by atoms with Crippen LogP contribution in [-0.4, -0.2) is 25.2 Å². The zero-order chi connectivity index (χ0) is 23.1. The molecule has 0 bridgehead atoms. The fourth-order valence-corrected chi connectivity index (χ4v) is 5.59. The molecule has 0 saturated heterocycles. The minimum atomic E-state index is -4.83. The van der Waals surface area contributed by atoms with Crippen molar-refractivity contribution in [3.05, 3.63) is 63.7 Å². The van der Waals surface area contributed by atoms with E-state index in [0.717, 1.165) is 5.56 Å². The first kappa shape index (κ1) is 23.0. The standard InChI is InChI=1S/C21H22F3N3O3S/c1-12-7-13(2)20(14(3)8-12)31(29,30)26-19(21(22,23)24)11-27-15(4)9-16-10-17(25-28)5-6-18(16)27/h5-10,19,26H,11H2,1-4H3. The number of benzene rings is 2. The fraction of sp³-hybridized carbons (Fsp3) is 0.333. The number of nitrogens with one attached hydrogen (secondary N) is 1. The molecule has 10 heteroatoms. The molecule has 3 rings (SSSR count). The van der Waals surface area contributed by atoms with E-state index in [1.165, 1.54) is 22.8 Å². The molecule has 6 nitrogen and oxygen atoms in total. The van der Waals surface area contributed by atoms with Gasteiger partial charge in [-0.3, -0.25) is 0 Å². The number of sulfonamides is 1. The number of halogens is 3. The van der Waals surface area contributed by atoms with Gasteiger partial charge in [0.2, 0.25) is 10.0 Å². The first-order valence-electron chi connectivity index (χ1n) is 9.43. The number of alkyl halides is 3. The summed E-state index contributed by atoms with van der Waals surface area (Å²) in [5.41, 5.74) is 2.67. The summed E-state index contributed by atoms with van der Waals surface area (Å²) >= 11 is 0. The van der Waals surface area contributed by atoms with E-state index < -0.39 is 28.8 Å². The second-order valence-corrected chi connectivity index (χ2v) is 9.32. The summed E-state index contributed by atoms with van der Waals surface area (Å²) in [6, 6.07) is 6.87. The molecule has 0 aliphatic heterocycles. The molecular formula is C21H22F3N3O3S. The summed E-state index contributed by atoms with van der Waals surface area (Å²) < 4.78 is 70.7. The summed E-state index contributed by atoms with van der Waals surface area (Å²) in [6.07, 6.45) is -4.83. The first-order chi connectivity index (χ1) is 14.3. The van der Waals surface area contributed by atoms with Gasteiger partial charge >= 0.3 is 6.18 Å². The molecular weight excluding hydrogens is 431 g/mol. The molecule has 1 atom stereocenters. The number of rotatable bonds is 6. The van der Waals surface area contributed by atoms with E-state index >= 15 is 0 Å². The van der Waals surface area contributed by atoms with Gasteiger partial charge in [0.15, 0.2) is 0 Å². The molecule has 2 aromatic carbocycles. The van der Waals surface area contributed by atoms with Gasteiger partial charge < -0.3 is 4.57 Å². The van der Waals surface area contributed by atoms with Crippen LogP contribution in [0.15, 0.2) is 46.5 Å². The van der Waals surface area contributed by atoms with Gasteiger partial charge in [0.25, 0.3) is 0 Å². The highest BCUT2D eigenvalue weighted by molar-refractivity contribution is 7.89. The molecule has 0 amide bonds. The van der Waals surface area contributed by atoms with E-state index in [0.29, 0.717) is 27.7 Å². The van der Waals surface area contributed by atoms with Crippen LogP contribution < -0.4 is 4.72 Å². The lowest BCUT2D eigenvalue weighted by Gasteiger charge is -2.24. The van der Waals surface area contributed by atoms with E-state index in [4.69, 9.17) is 0 Å². The van der Waals surface area contributed by atoms with Gasteiger partial charge in [-0.2, -0.15) is 17.9 Å². The van der Waals surface area contributed by atoms with Gasteiger partial charge in [0.05, 0.1) is 4.90 Å². The summed E-state index contributed by atoms with van der Waals surface area (Å²) in [5, 5.41) is 3.38. The normalized spacial score (nSPS) is 13.5. The Hall–Kier alpha value is -2.72. The Morgan fingerprint density at radius 1 is 1.03 bits per heavy atom. The lowest BCUT2D eigenvalue weighted by molar-refractivity contribution is -0.154. The Labute approximate surface area is 178 Å². The minimum Gasteiger partial charge on any atom is -0.343 e. The Morgan fingerprint density at radius 3 is 2.19 bits per heavy atom. The van der Waals surface area contributed by atoms with Crippen molar-refractivity contribution in [1.29, 1.82) is 0 Å². The van der Waals surface area contributed by atoms with Gasteiger partial charge in [0.1, 0.15) is 11.7 Å². The van der Waals surface area contributed by atoms with Crippen LogP contribution in [0.5, 0.6) is 0 Å². The van der Waals surface area contributed by atoms with Gasteiger partial charge in [-0.25, -0.2) is 8.42 Å². The van der Waals surface area contributed by atoms with E-state index in [2.05, 4.69) is 5.18 Å². The van der Waals surface area contributed by atoms with Crippen molar-refractivity contribution in [1.82, 2.24) is 9.29 Å². The van der Waals surface area contributed by atoms with Crippen LogP contribution in [0.2, 0.25) is 0 Å². The molecule has 0 spiro atoms. The summed E-state index contributed by atoms with van der Waals surface area (Å²) in [7, 11) is -4.44. The predicted molar refractivity (Wildman–Crippen MR) is 113 cm³/mol. The van der Waals surface area contributed by atoms with Crippen LogP contribution in [0.4, 0.5) is 18.9 Å². The molecule has 1 unspecified atom stereocenters. The third-order valence-electron chi connectivity index (χ3n) is 5.13. The lowest BCUT2D eigenvalue weighted by atomic mass is 10.1. The van der Waals surface area contributed by atoms with Gasteiger partial charge in [-0.1, -0.05) is 17.7 Å². The highest BCUT2D eigenvalue weighted by atomic mass is 32.2. The van der Waals surface area contributed by atoms with Crippen LogP contribution in [0.1, 0.15) is 22.4 Å². The number of nitroso groups, excluding NO2 is 1. The predicted octanol–water partition coefficient (Wildman–Crippen LogP) is 5.18. The van der Waals surface area contributed by atoms with E-state index in [1.807, 2.05) is 4.72 Å². The maximum atomic E-state index is 13.9. The van der Waals surface area contributed by atoms with Crippen LogP contribution >= 0.6 is 0 Å². The van der Waals surface area contributed by atoms with Crippen molar-refractivity contribution >= 4 is 26.6 Å². The maximum absolute atomic E-state index is 13.9. The minimum absolute atomic E-state index is 0.150. The molecule has 166 valence electrons. The third-order valence-corrected chi connectivity index (χ3v) is 6.90. The summed E-state index contributed by atoms with van der Waals surface area (Å²) in [4.78, 5) is 10.6. The molecule has 1 N–H and O–H groups in total. The topological polar surface area (TPSA) is 80.5 Å². The molecule has 31 heavy (non-hydrogen) atoms. The molecule has 1 aromatic heterocycles. The molecule has 0 fully saturated rings. The molecule has 0 saturated carbocycles. The van der Waals surface area contributed by atoms with Gasteiger partial charge in [0, 0.05) is 23.1 Å². The lowest BCUT2D eigenvalue weighted by Crippen LogP contribution is -2.48. The van der Waals surface area contributed by atoms with Crippen molar-refractivity contribution in [3.8, 4) is 0 Å². The third kappa shape index (κ3) is 4.64. The summed E-state index contributed by atoms with van der Waals surface area (Å²) in [5.74, 6) is 0. The Kier molecular flexibility index (Phi) is 5.98. The number of nitrogens with zero attached hydrogens (tertiary/aromatic N) is 2. The van der Waals surface area contributed by atoms with Crippen LogP contribution in [0.3, 0.4) is 0 Å². The molecule has 0 radical (unpaired) electrons. The van der Waals surface area contributed by atoms with Crippen molar-refractivity contribution in [3.63, 3.8) is 0 Å². The molecule has 3 aromatic rings. The molecule has 0 aliphatic carbocycles. The number of hydrogen-bond donors (Lipinski definition) is 1. The highest BCUT2D eigenvalue weighted by Crippen LogP contribution is 2.30. The van der Waals surface area contributed by atoms with Crippen molar-refractivity contribution in [2.75, 3.05) is 0 Å². The Balaban J connectivity index is 2.03. The quantitative estimate of drug-likeness (QED) is 0.522. The summed E-state index contributed by atoms with van der Waals surface area (Å²) in [6.45, 7) is 5.85. The zero-order valence-corrected chi connectivity index (χ0v) is 18.2. The second-order valence-electron chi connectivity index (χ2n) is 7.67. The van der Waals surface area contributed by atoms with E-state index in [9.17, 15) is 26.5 Å². The van der Waals surface area contributed by atoms with Crippen LogP contribution in [0, 0.1) is 32.6 Å². The highest BCUT2D eigenvalue weighted by Gasteiger charge is 2.43. The van der Waals surface area contributed by atoms with Crippen molar-refractivity contribution < 1.29 is 21.6 Å². The van der Waals surface area contributed by atoms with Crippen LogP contribution in [0.25, 0.3) is 10.9 Å². The number of aryl methyl sites for hydroxylation is 4. The van der Waals surface area contributed by atoms with Gasteiger partial charge in [-0.15, -0.1) is 4.91 Å². The Morgan fingerprint density at radius 2 is 1.65 bits per heavy atom. The monoisotopic (exact) mass is 453 g/mol. The SMILES string of the molecule is Cc1cc(C)c(S(=O)(=O)NC(Cn2c(C)cc3cc(N=O)ccc32)C(F)(F)F)c(C)c1. The molecule has 1 heterocycles. The fourth-order valence-electron chi connectivity index (χ4n) is 3.92.